The molecule has 0 heterocycles. The van der Waals surface area contributed by atoms with Crippen LogP contribution in [-0.2, 0) is 14.3 Å². The lowest BCUT2D eigenvalue weighted by molar-refractivity contribution is -0.155. The molecule has 0 aliphatic heterocycles. The number of anilines is 1. The van der Waals surface area contributed by atoms with Crippen molar-refractivity contribution in [2.24, 2.45) is 0 Å². The first-order chi connectivity index (χ1) is 12.8. The fraction of sp³-hybridized carbons (Fsp3) is 0.222. The number of carbonyl (C=O) groups is 2. The maximum absolute atomic E-state index is 12.2. The highest BCUT2D eigenvalue weighted by Crippen LogP contribution is 2.32. The van der Waals surface area contributed by atoms with Gasteiger partial charge in [0.2, 0.25) is 0 Å². The van der Waals surface area contributed by atoms with Gasteiger partial charge in [0.1, 0.15) is 11.5 Å². The van der Waals surface area contributed by atoms with Crippen LogP contribution in [0.1, 0.15) is 6.92 Å². The summed E-state index contributed by atoms with van der Waals surface area (Å²) in [5, 5.41) is 3.22. The lowest BCUT2D eigenvalue weighted by Gasteiger charge is -2.15. The topological polar surface area (TPSA) is 73.9 Å². The molecule has 6 nitrogen and oxygen atoms in total. The Labute approximate surface area is 171 Å². The van der Waals surface area contributed by atoms with E-state index in [9.17, 15) is 9.59 Å². The van der Waals surface area contributed by atoms with Gasteiger partial charge in [-0.25, -0.2) is 4.79 Å². The largest absolute Gasteiger partial charge is 0.497 e. The molecule has 144 valence electrons. The normalized spacial score (nSPS) is 11.4. The van der Waals surface area contributed by atoms with Crippen LogP contribution in [-0.4, -0.2) is 31.7 Å². The summed E-state index contributed by atoms with van der Waals surface area (Å²) >= 11 is 17.7. The van der Waals surface area contributed by atoms with Crippen LogP contribution in [0, 0.1) is 0 Å². The highest BCUT2D eigenvalue weighted by molar-refractivity contribution is 6.44. The molecule has 0 aliphatic carbocycles. The zero-order valence-corrected chi connectivity index (χ0v) is 16.7. The van der Waals surface area contributed by atoms with Gasteiger partial charge in [-0.1, -0.05) is 34.8 Å². The van der Waals surface area contributed by atoms with E-state index in [1.54, 1.807) is 31.4 Å². The molecule has 0 aromatic heterocycles. The highest BCUT2D eigenvalue weighted by Gasteiger charge is 2.20. The summed E-state index contributed by atoms with van der Waals surface area (Å²) in [4.78, 5) is 24.0. The maximum Gasteiger partial charge on any atom is 0.344 e. The first-order valence-corrected chi connectivity index (χ1v) is 8.85. The third kappa shape index (κ3) is 6.20. The zero-order valence-electron chi connectivity index (χ0n) is 14.4. The SMILES string of the molecule is COc1ccc(OCC(=O)OC(C)C(=O)Nc2cc(Cl)c(Cl)cc2Cl)cc1. The standard InChI is InChI=1S/C18H16Cl3NO5/c1-10(18(24)22-16-8-14(20)13(19)7-15(16)21)27-17(23)9-26-12-5-3-11(25-2)4-6-12/h3-8,10H,9H2,1-2H3,(H,22,24). The summed E-state index contributed by atoms with van der Waals surface area (Å²) in [5.41, 5.74) is 0.258. The Balaban J connectivity index is 1.86. The van der Waals surface area contributed by atoms with E-state index in [1.807, 2.05) is 0 Å². The first kappa shape index (κ1) is 21.2. The second-order valence-electron chi connectivity index (χ2n) is 5.33. The van der Waals surface area contributed by atoms with Crippen LogP contribution in [0.3, 0.4) is 0 Å². The maximum atomic E-state index is 12.2. The van der Waals surface area contributed by atoms with Crippen molar-refractivity contribution in [3.05, 3.63) is 51.5 Å². The molecule has 0 spiro atoms. The number of esters is 1. The van der Waals surface area contributed by atoms with Crippen molar-refractivity contribution in [1.82, 2.24) is 0 Å². The predicted molar refractivity (Wildman–Crippen MR) is 104 cm³/mol. The van der Waals surface area contributed by atoms with Gasteiger partial charge in [-0.05, 0) is 43.3 Å². The van der Waals surface area contributed by atoms with Crippen LogP contribution in [0.2, 0.25) is 15.1 Å². The van der Waals surface area contributed by atoms with Crippen LogP contribution in [0.4, 0.5) is 5.69 Å². The van der Waals surface area contributed by atoms with E-state index in [2.05, 4.69) is 5.32 Å². The molecular weight excluding hydrogens is 417 g/mol. The summed E-state index contributed by atoms with van der Waals surface area (Å²) in [6.07, 6.45) is -1.07. The van der Waals surface area contributed by atoms with E-state index >= 15 is 0 Å². The second kappa shape index (κ2) is 9.69. The number of rotatable bonds is 7. The van der Waals surface area contributed by atoms with Crippen LogP contribution >= 0.6 is 34.8 Å². The molecule has 2 aromatic rings. The van der Waals surface area contributed by atoms with Crippen LogP contribution in [0.15, 0.2) is 36.4 Å². The molecule has 2 aromatic carbocycles. The highest BCUT2D eigenvalue weighted by atomic mass is 35.5. The van der Waals surface area contributed by atoms with Crippen LogP contribution in [0.25, 0.3) is 0 Å². The number of hydrogen-bond acceptors (Lipinski definition) is 5. The van der Waals surface area contributed by atoms with E-state index in [4.69, 9.17) is 49.0 Å². The van der Waals surface area contributed by atoms with E-state index < -0.39 is 18.0 Å². The quantitative estimate of drug-likeness (QED) is 0.511. The van der Waals surface area contributed by atoms with Gasteiger partial charge in [0, 0.05) is 0 Å². The molecule has 2 rings (SSSR count). The van der Waals surface area contributed by atoms with Crippen molar-refractivity contribution < 1.29 is 23.8 Å². The second-order valence-corrected chi connectivity index (χ2v) is 6.55. The van der Waals surface area contributed by atoms with Gasteiger partial charge in [0.25, 0.3) is 5.91 Å². The Morgan fingerprint density at radius 3 is 2.22 bits per heavy atom. The van der Waals surface area contributed by atoms with Gasteiger partial charge in [-0.3, -0.25) is 4.79 Å². The van der Waals surface area contributed by atoms with Crippen molar-refractivity contribution >= 4 is 52.4 Å². The van der Waals surface area contributed by atoms with Gasteiger partial charge in [-0.15, -0.1) is 0 Å². The van der Waals surface area contributed by atoms with Gasteiger partial charge in [0.15, 0.2) is 12.7 Å². The first-order valence-electron chi connectivity index (χ1n) is 7.72. The minimum atomic E-state index is -1.07. The summed E-state index contributed by atoms with van der Waals surface area (Å²) in [7, 11) is 1.55. The molecule has 0 saturated carbocycles. The van der Waals surface area contributed by atoms with Crippen LogP contribution < -0.4 is 14.8 Å². The molecule has 1 unspecified atom stereocenters. The van der Waals surface area contributed by atoms with Gasteiger partial charge in [-0.2, -0.15) is 0 Å². The molecular formula is C18H16Cl3NO5. The molecule has 1 atom stereocenters. The number of hydrogen-bond donors (Lipinski definition) is 1. The molecule has 0 radical (unpaired) electrons. The Kier molecular flexibility index (Phi) is 7.59. The van der Waals surface area contributed by atoms with E-state index in [0.717, 1.165) is 0 Å². The number of amides is 1. The summed E-state index contributed by atoms with van der Waals surface area (Å²) in [6.45, 7) is 1.07. The van der Waals surface area contributed by atoms with Crippen molar-refractivity contribution in [2.45, 2.75) is 13.0 Å². The van der Waals surface area contributed by atoms with E-state index in [-0.39, 0.29) is 27.4 Å². The smallest absolute Gasteiger partial charge is 0.344 e. The molecule has 9 heteroatoms. The average Bonchev–Trinajstić information content (AvgIpc) is 2.64. The minimum Gasteiger partial charge on any atom is -0.497 e. The molecule has 1 amide bonds. The van der Waals surface area contributed by atoms with Crippen molar-refractivity contribution in [1.29, 1.82) is 0 Å². The van der Waals surface area contributed by atoms with Gasteiger partial charge < -0.3 is 19.5 Å². The lowest BCUT2D eigenvalue weighted by Crippen LogP contribution is -2.31. The molecule has 1 N–H and O–H groups in total. The van der Waals surface area contributed by atoms with Crippen molar-refractivity contribution in [2.75, 3.05) is 19.0 Å². The van der Waals surface area contributed by atoms with Gasteiger partial charge >= 0.3 is 5.97 Å². The number of ether oxygens (including phenoxy) is 3. The molecule has 0 saturated heterocycles. The monoisotopic (exact) mass is 431 g/mol. The number of carbonyl (C=O) groups excluding carboxylic acids is 2. The number of methoxy groups -OCH3 is 1. The third-order valence-electron chi connectivity index (χ3n) is 3.36. The summed E-state index contributed by atoms with van der Waals surface area (Å²) in [5.74, 6) is -0.148. The molecule has 0 aliphatic rings. The fourth-order valence-electron chi connectivity index (χ4n) is 1.95. The lowest BCUT2D eigenvalue weighted by atomic mass is 10.3. The zero-order chi connectivity index (χ0) is 20.0. The summed E-state index contributed by atoms with van der Waals surface area (Å²) in [6, 6.07) is 9.49. The summed E-state index contributed by atoms with van der Waals surface area (Å²) < 4.78 is 15.4. The number of nitrogens with one attached hydrogen (secondary N) is 1. The van der Waals surface area contributed by atoms with Crippen LogP contribution in [0.5, 0.6) is 11.5 Å². The Hall–Kier alpha value is -2.15. The van der Waals surface area contributed by atoms with Crippen molar-refractivity contribution in [3.63, 3.8) is 0 Å². The Morgan fingerprint density at radius 2 is 1.59 bits per heavy atom. The fourth-order valence-corrected chi connectivity index (χ4v) is 2.55. The average molecular weight is 433 g/mol. The van der Waals surface area contributed by atoms with E-state index in [1.165, 1.54) is 19.1 Å². The molecule has 0 fully saturated rings. The molecule has 0 bridgehead atoms. The Morgan fingerprint density at radius 1 is 1.00 bits per heavy atom. The van der Waals surface area contributed by atoms with Crippen molar-refractivity contribution in [3.8, 4) is 11.5 Å². The molecule has 27 heavy (non-hydrogen) atoms. The predicted octanol–water partition coefficient (Wildman–Crippen LogP) is 4.60. The van der Waals surface area contributed by atoms with Gasteiger partial charge in [0.05, 0.1) is 27.9 Å². The number of benzene rings is 2. The van der Waals surface area contributed by atoms with E-state index in [0.29, 0.717) is 11.5 Å². The Bertz CT molecular complexity index is 826. The number of halogens is 3. The minimum absolute atomic E-state index is 0.208. The third-order valence-corrected chi connectivity index (χ3v) is 4.40.